The monoisotopic (exact) mass is 421 g/mol. The lowest BCUT2D eigenvalue weighted by molar-refractivity contribution is -0.383. The number of alkyl halides is 3. The highest BCUT2D eigenvalue weighted by molar-refractivity contribution is 7.22. The number of nitro benzene ring substituents is 1. The van der Waals surface area contributed by atoms with E-state index in [4.69, 9.17) is 0 Å². The van der Waals surface area contributed by atoms with E-state index in [-0.39, 0.29) is 9.83 Å². The Hall–Kier alpha value is -3.27. The predicted molar refractivity (Wildman–Crippen MR) is 106 cm³/mol. The summed E-state index contributed by atoms with van der Waals surface area (Å²) in [5.41, 5.74) is -2.00. The Morgan fingerprint density at radius 1 is 1.24 bits per heavy atom. The van der Waals surface area contributed by atoms with E-state index in [0.717, 1.165) is 16.9 Å². The summed E-state index contributed by atoms with van der Waals surface area (Å²) in [5.74, 6) is 0. The lowest BCUT2D eigenvalue weighted by Gasteiger charge is -2.15. The average Bonchev–Trinajstić information content (AvgIpc) is 2.67. The number of fused-ring (bicyclic) bond motifs is 1. The van der Waals surface area contributed by atoms with Gasteiger partial charge in [-0.1, -0.05) is 53.8 Å². The van der Waals surface area contributed by atoms with E-state index < -0.39 is 33.3 Å². The summed E-state index contributed by atoms with van der Waals surface area (Å²) in [6.07, 6.45) is -1.13. The molecule has 0 saturated heterocycles. The summed E-state index contributed by atoms with van der Waals surface area (Å²) in [7, 11) is 1.63. The normalized spacial score (nSPS) is 11.9. The van der Waals surface area contributed by atoms with Crippen LogP contribution < -0.4 is 10.5 Å². The molecule has 0 fully saturated rings. The molecule has 0 aliphatic carbocycles. The molecule has 150 valence electrons. The molecule has 3 rings (SSSR count). The molecule has 0 saturated carbocycles. The Kier molecular flexibility index (Phi) is 5.64. The first-order valence-corrected chi connectivity index (χ1v) is 9.11. The maximum atomic E-state index is 13.0. The second-order valence-electron chi connectivity index (χ2n) is 6.12. The SMILES string of the molecule is CN(C/C=C\c1ccccc1)c1nc(=O)c2cc(C(F)(F)F)cc([N+](=O)[O-])c2s1. The Morgan fingerprint density at radius 2 is 1.93 bits per heavy atom. The first kappa shape index (κ1) is 20.5. The highest BCUT2D eigenvalue weighted by Gasteiger charge is 2.34. The van der Waals surface area contributed by atoms with Crippen molar-refractivity contribution in [2.24, 2.45) is 0 Å². The van der Waals surface area contributed by atoms with Crippen LogP contribution in [0.4, 0.5) is 24.0 Å². The summed E-state index contributed by atoms with van der Waals surface area (Å²) in [4.78, 5) is 28.1. The Morgan fingerprint density at radius 3 is 2.55 bits per heavy atom. The van der Waals surface area contributed by atoms with E-state index in [1.54, 1.807) is 11.9 Å². The standard InChI is InChI=1S/C19H14F3N3O3S/c1-24(9-5-8-12-6-3-2-4-7-12)18-23-17(26)14-10-13(19(20,21)22)11-15(25(27)28)16(14)29-18/h2-8,10-11H,9H2,1H3/b8-5-. The second-order valence-corrected chi connectivity index (χ2v) is 7.10. The topological polar surface area (TPSA) is 76.3 Å². The molecule has 10 heteroatoms. The molecular formula is C19H14F3N3O3S. The molecule has 0 radical (unpaired) electrons. The Bertz CT molecular complexity index is 1140. The minimum absolute atomic E-state index is 0.142. The van der Waals surface area contributed by atoms with Crippen LogP contribution in [-0.4, -0.2) is 23.5 Å². The summed E-state index contributed by atoms with van der Waals surface area (Å²) in [6.45, 7) is 0.345. The molecule has 0 atom stereocenters. The summed E-state index contributed by atoms with van der Waals surface area (Å²) < 4.78 is 38.9. The van der Waals surface area contributed by atoms with Crippen LogP contribution in [0.15, 0.2) is 53.3 Å². The van der Waals surface area contributed by atoms with E-state index in [0.29, 0.717) is 18.7 Å². The number of halogens is 3. The number of hydrogen-bond donors (Lipinski definition) is 0. The van der Waals surface area contributed by atoms with Gasteiger partial charge in [0.05, 0.1) is 15.9 Å². The van der Waals surface area contributed by atoms with Gasteiger partial charge in [0, 0.05) is 19.7 Å². The molecule has 1 heterocycles. The molecular weight excluding hydrogens is 407 g/mol. The summed E-state index contributed by atoms with van der Waals surface area (Å²) >= 11 is 0.802. The molecule has 0 bridgehead atoms. The molecule has 0 unspecified atom stereocenters. The molecule has 0 aliphatic rings. The maximum absolute atomic E-state index is 13.0. The molecule has 0 spiro atoms. The highest BCUT2D eigenvalue weighted by atomic mass is 32.1. The van der Waals surface area contributed by atoms with Crippen molar-refractivity contribution in [2.75, 3.05) is 18.5 Å². The minimum atomic E-state index is -4.81. The highest BCUT2D eigenvalue weighted by Crippen LogP contribution is 2.38. The van der Waals surface area contributed by atoms with E-state index in [1.807, 2.05) is 42.5 Å². The van der Waals surface area contributed by atoms with Crippen molar-refractivity contribution in [3.05, 3.63) is 80.1 Å². The third-order valence-corrected chi connectivity index (χ3v) is 5.25. The number of hydrogen-bond acceptors (Lipinski definition) is 6. The van der Waals surface area contributed by atoms with Crippen LogP contribution in [0.5, 0.6) is 0 Å². The fourth-order valence-electron chi connectivity index (χ4n) is 2.59. The zero-order valence-corrected chi connectivity index (χ0v) is 15.8. The van der Waals surface area contributed by atoms with Crippen molar-refractivity contribution in [3.8, 4) is 0 Å². The third kappa shape index (κ3) is 4.60. The summed E-state index contributed by atoms with van der Waals surface area (Å²) in [6, 6.07) is 10.5. The van der Waals surface area contributed by atoms with E-state index >= 15 is 0 Å². The van der Waals surface area contributed by atoms with Gasteiger partial charge in [0.15, 0.2) is 5.13 Å². The van der Waals surface area contributed by atoms with Crippen molar-refractivity contribution in [1.29, 1.82) is 0 Å². The van der Waals surface area contributed by atoms with Gasteiger partial charge in [0.25, 0.3) is 11.2 Å². The quantitative estimate of drug-likeness (QED) is 0.440. The molecule has 29 heavy (non-hydrogen) atoms. The lowest BCUT2D eigenvalue weighted by Crippen LogP contribution is -2.21. The van der Waals surface area contributed by atoms with Crippen molar-refractivity contribution in [1.82, 2.24) is 4.98 Å². The number of benzene rings is 2. The zero-order chi connectivity index (χ0) is 21.2. The molecule has 0 amide bonds. The van der Waals surface area contributed by atoms with Crippen LogP contribution in [0.3, 0.4) is 0 Å². The molecule has 1 aromatic heterocycles. The van der Waals surface area contributed by atoms with Crippen molar-refractivity contribution in [3.63, 3.8) is 0 Å². The molecule has 0 N–H and O–H groups in total. The van der Waals surface area contributed by atoms with Gasteiger partial charge in [-0.3, -0.25) is 14.9 Å². The second kappa shape index (κ2) is 8.00. The molecule has 6 nitrogen and oxygen atoms in total. The van der Waals surface area contributed by atoms with Gasteiger partial charge >= 0.3 is 6.18 Å². The van der Waals surface area contributed by atoms with Gasteiger partial charge in [-0.2, -0.15) is 18.2 Å². The van der Waals surface area contributed by atoms with E-state index in [2.05, 4.69) is 4.98 Å². The molecule has 3 aromatic rings. The Labute approximate surface area is 166 Å². The number of non-ortho nitro benzene ring substituents is 1. The van der Waals surface area contributed by atoms with Gasteiger partial charge < -0.3 is 4.90 Å². The number of likely N-dealkylation sites (N-methyl/N-ethyl adjacent to an activating group) is 1. The van der Waals surface area contributed by atoms with Crippen LogP contribution in [0.1, 0.15) is 11.1 Å². The largest absolute Gasteiger partial charge is 0.416 e. The minimum Gasteiger partial charge on any atom is -0.347 e. The van der Waals surface area contributed by atoms with Gasteiger partial charge in [-0.05, 0) is 11.6 Å². The first-order chi connectivity index (χ1) is 13.7. The number of rotatable bonds is 5. The van der Waals surface area contributed by atoms with Crippen LogP contribution in [-0.2, 0) is 6.18 Å². The number of nitrogens with zero attached hydrogens (tertiary/aromatic N) is 3. The first-order valence-electron chi connectivity index (χ1n) is 8.30. The van der Waals surface area contributed by atoms with E-state index in [9.17, 15) is 28.1 Å². The zero-order valence-electron chi connectivity index (χ0n) is 15.0. The fraction of sp³-hybridized carbons (Fsp3) is 0.158. The predicted octanol–water partition coefficient (Wildman–Crippen LogP) is 4.73. The van der Waals surface area contributed by atoms with Crippen molar-refractivity contribution >= 4 is 38.3 Å². The van der Waals surface area contributed by atoms with Crippen LogP contribution in [0.25, 0.3) is 16.2 Å². The number of aromatic nitrogens is 1. The fourth-order valence-corrected chi connectivity index (χ4v) is 3.63. The molecule has 2 aromatic carbocycles. The average molecular weight is 421 g/mol. The van der Waals surface area contributed by atoms with Gasteiger partial charge in [0.2, 0.25) is 0 Å². The van der Waals surface area contributed by atoms with Crippen LogP contribution in [0, 0.1) is 10.1 Å². The van der Waals surface area contributed by atoms with E-state index in [1.165, 1.54) is 0 Å². The van der Waals surface area contributed by atoms with Crippen LogP contribution >= 0.6 is 11.3 Å². The third-order valence-electron chi connectivity index (χ3n) is 4.03. The van der Waals surface area contributed by atoms with Gasteiger partial charge in [-0.15, -0.1) is 0 Å². The number of nitro groups is 1. The van der Waals surface area contributed by atoms with Crippen molar-refractivity contribution in [2.45, 2.75) is 6.18 Å². The maximum Gasteiger partial charge on any atom is 0.416 e. The smallest absolute Gasteiger partial charge is 0.347 e. The summed E-state index contributed by atoms with van der Waals surface area (Å²) in [5, 5.41) is 11.1. The molecule has 0 aliphatic heterocycles. The van der Waals surface area contributed by atoms with Crippen molar-refractivity contribution < 1.29 is 18.1 Å². The lowest BCUT2D eigenvalue weighted by atomic mass is 10.1. The van der Waals surface area contributed by atoms with Crippen LogP contribution in [0.2, 0.25) is 0 Å². The number of anilines is 1. The van der Waals surface area contributed by atoms with Gasteiger partial charge in [0.1, 0.15) is 4.70 Å². The van der Waals surface area contributed by atoms with Gasteiger partial charge in [-0.25, -0.2) is 0 Å². The Balaban J connectivity index is 2.00.